The second kappa shape index (κ2) is 6.22. The molecular weight excluding hydrogens is 331 g/mol. The lowest BCUT2D eigenvalue weighted by atomic mass is 10.3. The van der Waals surface area contributed by atoms with Crippen LogP contribution in [0.4, 0.5) is 11.4 Å². The zero-order valence-corrected chi connectivity index (χ0v) is 13.8. The summed E-state index contributed by atoms with van der Waals surface area (Å²) < 4.78 is 24.8. The molecule has 4 nitrogen and oxygen atoms in total. The monoisotopic (exact) mass is 344 g/mol. The lowest BCUT2D eigenvalue weighted by Gasteiger charge is -2.15. The predicted molar refractivity (Wildman–Crippen MR) is 86.3 cm³/mol. The highest BCUT2D eigenvalue weighted by Gasteiger charge is 2.22. The molecule has 2 rings (SSSR count). The van der Waals surface area contributed by atoms with Gasteiger partial charge in [-0.15, -0.1) is 0 Å². The third kappa shape index (κ3) is 3.48. The van der Waals surface area contributed by atoms with Crippen molar-refractivity contribution in [1.29, 1.82) is 0 Å². The minimum atomic E-state index is -3.40. The lowest BCUT2D eigenvalue weighted by Crippen LogP contribution is -2.15. The topological polar surface area (TPSA) is 59.1 Å². The van der Waals surface area contributed by atoms with Crippen LogP contribution in [-0.4, -0.2) is 18.7 Å². The van der Waals surface area contributed by atoms with Gasteiger partial charge in [-0.1, -0.05) is 35.3 Å². The zero-order chi connectivity index (χ0) is 15.6. The van der Waals surface area contributed by atoms with Gasteiger partial charge in [0.1, 0.15) is 5.15 Å². The fraction of sp³-hybridized carbons (Fsp3) is 0.214. The molecule has 0 fully saturated rings. The fourth-order valence-corrected chi connectivity index (χ4v) is 3.24. The van der Waals surface area contributed by atoms with Crippen molar-refractivity contribution in [2.24, 2.45) is 0 Å². The minimum absolute atomic E-state index is 0.226. The molecule has 0 saturated heterocycles. The maximum Gasteiger partial charge on any atom is 0.182 e. The largest absolute Gasteiger partial charge is 0.353 e. The first-order valence-corrected chi connectivity index (χ1v) is 8.53. The van der Waals surface area contributed by atoms with Crippen molar-refractivity contribution < 1.29 is 8.42 Å². The van der Waals surface area contributed by atoms with Crippen molar-refractivity contribution in [3.05, 3.63) is 46.7 Å². The van der Waals surface area contributed by atoms with E-state index < -0.39 is 15.1 Å². The molecule has 0 spiro atoms. The summed E-state index contributed by atoms with van der Waals surface area (Å²) in [6, 6.07) is 8.22. The van der Waals surface area contributed by atoms with Crippen LogP contribution in [0.5, 0.6) is 0 Å². The smallest absolute Gasteiger partial charge is 0.182 e. The Labute approximate surface area is 134 Å². The molecule has 112 valence electrons. The molecule has 2 aromatic rings. The average Bonchev–Trinajstić information content (AvgIpc) is 2.43. The fourth-order valence-electron chi connectivity index (χ4n) is 1.73. The first kappa shape index (κ1) is 16.1. The van der Waals surface area contributed by atoms with Gasteiger partial charge < -0.3 is 5.32 Å². The van der Waals surface area contributed by atoms with Gasteiger partial charge in [0.2, 0.25) is 0 Å². The van der Waals surface area contributed by atoms with E-state index in [9.17, 15) is 8.42 Å². The SMILES string of the molecule is CC(C)S(=O)(=O)c1ccccc1Nc1cc(Cl)ncc1Cl. The molecule has 1 heterocycles. The Hall–Kier alpha value is -1.30. The van der Waals surface area contributed by atoms with E-state index in [1.807, 2.05) is 0 Å². The predicted octanol–water partition coefficient (Wildman–Crippen LogP) is 4.31. The highest BCUT2D eigenvalue weighted by atomic mass is 35.5. The molecule has 0 radical (unpaired) electrons. The average molecular weight is 345 g/mol. The molecule has 0 aliphatic carbocycles. The number of hydrogen-bond acceptors (Lipinski definition) is 4. The number of rotatable bonds is 4. The Morgan fingerprint density at radius 1 is 1.14 bits per heavy atom. The summed E-state index contributed by atoms with van der Waals surface area (Å²) >= 11 is 11.9. The number of halogens is 2. The van der Waals surface area contributed by atoms with Crippen LogP contribution < -0.4 is 5.32 Å². The molecule has 0 saturated carbocycles. The molecule has 1 aromatic carbocycles. The summed E-state index contributed by atoms with van der Waals surface area (Å²) in [5, 5.41) is 3.12. The first-order chi connectivity index (χ1) is 9.82. The summed E-state index contributed by atoms with van der Waals surface area (Å²) in [6.07, 6.45) is 1.41. The molecule has 0 aliphatic rings. The number of benzene rings is 1. The Bertz CT molecular complexity index is 761. The van der Waals surface area contributed by atoms with Gasteiger partial charge in [-0.25, -0.2) is 13.4 Å². The van der Waals surface area contributed by atoms with Crippen molar-refractivity contribution >= 4 is 44.4 Å². The van der Waals surface area contributed by atoms with Crippen molar-refractivity contribution in [3.63, 3.8) is 0 Å². The number of nitrogens with one attached hydrogen (secondary N) is 1. The molecule has 0 bridgehead atoms. The number of pyridine rings is 1. The highest BCUT2D eigenvalue weighted by Crippen LogP contribution is 2.31. The number of aromatic nitrogens is 1. The zero-order valence-electron chi connectivity index (χ0n) is 11.5. The molecule has 1 aromatic heterocycles. The standard InChI is InChI=1S/C14H14Cl2N2O2S/c1-9(2)21(19,20)13-6-4-3-5-11(13)18-12-7-14(16)17-8-10(12)15/h3-9H,1-2H3,(H,17,18). The number of nitrogens with zero attached hydrogens (tertiary/aromatic N) is 1. The van der Waals surface area contributed by atoms with Gasteiger partial charge in [-0.2, -0.15) is 0 Å². The maximum absolute atomic E-state index is 12.4. The van der Waals surface area contributed by atoms with Crippen LogP contribution in [0, 0.1) is 0 Å². The van der Waals surface area contributed by atoms with E-state index in [1.165, 1.54) is 6.20 Å². The van der Waals surface area contributed by atoms with Crippen molar-refractivity contribution in [1.82, 2.24) is 4.98 Å². The summed E-state index contributed by atoms with van der Waals surface area (Å²) in [4.78, 5) is 4.08. The van der Waals surface area contributed by atoms with E-state index in [1.54, 1.807) is 44.2 Å². The molecule has 21 heavy (non-hydrogen) atoms. The van der Waals surface area contributed by atoms with Gasteiger partial charge in [-0.05, 0) is 26.0 Å². The van der Waals surface area contributed by atoms with E-state index in [2.05, 4.69) is 10.3 Å². The molecule has 0 atom stereocenters. The normalized spacial score (nSPS) is 11.7. The summed E-state index contributed by atoms with van der Waals surface area (Å²) in [5.74, 6) is 0. The third-order valence-electron chi connectivity index (χ3n) is 2.91. The number of anilines is 2. The Morgan fingerprint density at radius 3 is 2.48 bits per heavy atom. The molecule has 0 aliphatic heterocycles. The molecule has 0 amide bonds. The van der Waals surface area contributed by atoms with Crippen LogP contribution in [-0.2, 0) is 9.84 Å². The van der Waals surface area contributed by atoms with Crippen molar-refractivity contribution in [2.75, 3.05) is 5.32 Å². The van der Waals surface area contributed by atoms with Gasteiger partial charge in [-0.3, -0.25) is 0 Å². The Balaban J connectivity index is 2.49. The molecule has 0 unspecified atom stereocenters. The second-order valence-corrected chi connectivity index (χ2v) is 7.97. The van der Waals surface area contributed by atoms with Crippen LogP contribution in [0.3, 0.4) is 0 Å². The van der Waals surface area contributed by atoms with Crippen LogP contribution in [0.2, 0.25) is 10.2 Å². The highest BCUT2D eigenvalue weighted by molar-refractivity contribution is 7.92. The van der Waals surface area contributed by atoms with Crippen LogP contribution in [0.15, 0.2) is 41.4 Å². The molecule has 1 N–H and O–H groups in total. The molecule has 7 heteroatoms. The van der Waals surface area contributed by atoms with E-state index in [-0.39, 0.29) is 10.0 Å². The number of sulfone groups is 1. The van der Waals surface area contributed by atoms with E-state index in [4.69, 9.17) is 23.2 Å². The van der Waals surface area contributed by atoms with Gasteiger partial charge in [0.05, 0.1) is 26.5 Å². The quantitative estimate of drug-likeness (QED) is 0.839. The van der Waals surface area contributed by atoms with E-state index in [0.29, 0.717) is 16.4 Å². The molecular formula is C14H14Cl2N2O2S. The maximum atomic E-state index is 12.4. The van der Waals surface area contributed by atoms with Gasteiger partial charge in [0.15, 0.2) is 9.84 Å². The lowest BCUT2D eigenvalue weighted by molar-refractivity contribution is 0.588. The second-order valence-electron chi connectivity index (χ2n) is 4.70. The number of para-hydroxylation sites is 1. The van der Waals surface area contributed by atoms with Gasteiger partial charge in [0.25, 0.3) is 0 Å². The number of hydrogen-bond donors (Lipinski definition) is 1. The van der Waals surface area contributed by atoms with Crippen LogP contribution in [0.25, 0.3) is 0 Å². The van der Waals surface area contributed by atoms with Gasteiger partial charge in [0, 0.05) is 12.3 Å². The third-order valence-corrected chi connectivity index (χ3v) is 5.62. The summed E-state index contributed by atoms with van der Waals surface area (Å²) in [6.45, 7) is 3.28. The van der Waals surface area contributed by atoms with Crippen LogP contribution in [0.1, 0.15) is 13.8 Å². The van der Waals surface area contributed by atoms with Crippen molar-refractivity contribution in [3.8, 4) is 0 Å². The summed E-state index contributed by atoms with van der Waals surface area (Å²) in [7, 11) is -3.40. The van der Waals surface area contributed by atoms with E-state index in [0.717, 1.165) is 0 Å². The Morgan fingerprint density at radius 2 is 1.81 bits per heavy atom. The van der Waals surface area contributed by atoms with Gasteiger partial charge >= 0.3 is 0 Å². The summed E-state index contributed by atoms with van der Waals surface area (Å²) in [5.41, 5.74) is 0.957. The first-order valence-electron chi connectivity index (χ1n) is 6.23. The van der Waals surface area contributed by atoms with Crippen molar-refractivity contribution in [2.45, 2.75) is 24.0 Å². The Kier molecular flexibility index (Phi) is 4.76. The van der Waals surface area contributed by atoms with E-state index >= 15 is 0 Å². The minimum Gasteiger partial charge on any atom is -0.353 e. The van der Waals surface area contributed by atoms with Crippen LogP contribution >= 0.6 is 23.2 Å².